The van der Waals surface area contributed by atoms with E-state index < -0.39 is 12.2 Å². The molecule has 0 aromatic carbocycles. The van der Waals surface area contributed by atoms with Crippen LogP contribution in [0.3, 0.4) is 0 Å². The lowest BCUT2D eigenvalue weighted by Gasteiger charge is -2.05. The van der Waals surface area contributed by atoms with Crippen LogP contribution >= 0.6 is 0 Å². The van der Waals surface area contributed by atoms with Gasteiger partial charge >= 0.3 is 0 Å². The van der Waals surface area contributed by atoms with Crippen LogP contribution in [0.1, 0.15) is 103 Å². The summed E-state index contributed by atoms with van der Waals surface area (Å²) >= 11 is 0. The number of aliphatic hydroxyl groups is 3. The first kappa shape index (κ1) is 26.6. The number of rotatable bonds is 15. The summed E-state index contributed by atoms with van der Waals surface area (Å²) in [5, 5.41) is 28.0. The molecule has 0 aliphatic heterocycles. The highest BCUT2D eigenvalue weighted by Crippen LogP contribution is 2.11. The maximum atomic E-state index is 9.89. The second-order valence-corrected chi connectivity index (χ2v) is 7.30. The van der Waals surface area contributed by atoms with E-state index >= 15 is 0 Å². The Morgan fingerprint density at radius 1 is 0.607 bits per heavy atom. The van der Waals surface area contributed by atoms with Gasteiger partial charge in [0.2, 0.25) is 0 Å². The van der Waals surface area contributed by atoms with Crippen LogP contribution in [0, 0.1) is 35.5 Å². The van der Waals surface area contributed by atoms with Gasteiger partial charge in [0.05, 0.1) is 0 Å². The number of aliphatic hydroxyl groups excluding tert-OH is 3. The molecule has 0 aromatic heterocycles. The average molecular weight is 389 g/mol. The van der Waals surface area contributed by atoms with Gasteiger partial charge in [-0.1, -0.05) is 82.5 Å². The summed E-state index contributed by atoms with van der Waals surface area (Å²) in [6.45, 7) is 2.03. The van der Waals surface area contributed by atoms with Gasteiger partial charge in [0.15, 0.2) is 0 Å². The Morgan fingerprint density at radius 3 is 1.75 bits per heavy atom. The van der Waals surface area contributed by atoms with E-state index in [9.17, 15) is 10.2 Å². The molecule has 28 heavy (non-hydrogen) atoms. The third-order valence-electron chi connectivity index (χ3n) is 4.60. The molecule has 0 aliphatic rings. The van der Waals surface area contributed by atoms with Crippen molar-refractivity contribution in [3.05, 3.63) is 0 Å². The Bertz CT molecular complexity index is 521. The molecule has 0 unspecified atom stereocenters. The van der Waals surface area contributed by atoms with Gasteiger partial charge in [-0.2, -0.15) is 0 Å². The number of unbranched alkanes of at least 4 members (excludes halogenated alkanes) is 11. The summed E-state index contributed by atoms with van der Waals surface area (Å²) in [7, 11) is 0. The average Bonchev–Trinajstić information content (AvgIpc) is 2.69. The highest BCUT2D eigenvalue weighted by molar-refractivity contribution is 5.27. The lowest BCUT2D eigenvalue weighted by molar-refractivity contribution is 0.214. The van der Waals surface area contributed by atoms with Crippen LogP contribution in [0.4, 0.5) is 0 Å². The fourth-order valence-corrected chi connectivity index (χ4v) is 2.91. The molecule has 0 aromatic rings. The smallest absolute Gasteiger partial charge is 0.115 e. The van der Waals surface area contributed by atoms with Crippen LogP contribution in [0.25, 0.3) is 0 Å². The summed E-state index contributed by atoms with van der Waals surface area (Å²) in [6.07, 6.45) is 15.4. The van der Waals surface area contributed by atoms with Gasteiger partial charge < -0.3 is 15.3 Å². The van der Waals surface area contributed by atoms with Gasteiger partial charge in [0.1, 0.15) is 18.8 Å². The Hall–Kier alpha value is -1.44. The maximum Gasteiger partial charge on any atom is 0.115 e. The van der Waals surface area contributed by atoms with E-state index in [1.54, 1.807) is 0 Å². The highest BCUT2D eigenvalue weighted by atomic mass is 16.3. The predicted molar refractivity (Wildman–Crippen MR) is 117 cm³/mol. The van der Waals surface area contributed by atoms with Crippen LogP contribution in [0.5, 0.6) is 0 Å². The second-order valence-electron chi connectivity index (χ2n) is 7.30. The first-order valence-corrected chi connectivity index (χ1v) is 11.1. The van der Waals surface area contributed by atoms with E-state index in [4.69, 9.17) is 5.11 Å². The van der Waals surface area contributed by atoms with Crippen molar-refractivity contribution in [2.24, 2.45) is 0 Å². The zero-order valence-electron chi connectivity index (χ0n) is 17.8. The molecule has 0 spiro atoms. The van der Waals surface area contributed by atoms with Crippen LogP contribution in [0.15, 0.2) is 0 Å². The second kappa shape index (κ2) is 21.9. The third-order valence-corrected chi connectivity index (χ3v) is 4.60. The van der Waals surface area contributed by atoms with E-state index in [1.165, 1.54) is 32.1 Å². The molecule has 0 aliphatic carbocycles. The molecule has 2 atom stereocenters. The summed E-state index contributed by atoms with van der Waals surface area (Å²) < 4.78 is 0. The first-order valence-electron chi connectivity index (χ1n) is 11.1. The molecular formula is C25H40O3. The summed E-state index contributed by atoms with van der Waals surface area (Å²) in [6, 6.07) is 0. The van der Waals surface area contributed by atoms with Crippen molar-refractivity contribution in [3.63, 3.8) is 0 Å². The molecule has 3 heteroatoms. The monoisotopic (exact) mass is 388 g/mol. The molecule has 3 N–H and O–H groups in total. The molecule has 0 amide bonds. The van der Waals surface area contributed by atoms with E-state index in [0.29, 0.717) is 6.42 Å². The number of hydrogen-bond donors (Lipinski definition) is 3. The largest absolute Gasteiger partial charge is 0.384 e. The van der Waals surface area contributed by atoms with E-state index in [2.05, 4.69) is 42.4 Å². The summed E-state index contributed by atoms with van der Waals surface area (Å²) in [5.74, 6) is 16.2. The molecule has 0 bridgehead atoms. The Balaban J connectivity index is 3.46. The van der Waals surface area contributed by atoms with Crippen LogP contribution in [-0.2, 0) is 0 Å². The normalized spacial score (nSPS) is 12.0. The van der Waals surface area contributed by atoms with Crippen molar-refractivity contribution in [1.82, 2.24) is 0 Å². The SMILES string of the molecule is CCCCCCCCC#C[C@@H](O)CCCCCCCC[C@@H](O)C#CC#CCO. The van der Waals surface area contributed by atoms with E-state index in [1.807, 2.05) is 0 Å². The lowest BCUT2D eigenvalue weighted by atomic mass is 10.0. The zero-order valence-corrected chi connectivity index (χ0v) is 17.8. The Morgan fingerprint density at radius 2 is 1.14 bits per heavy atom. The van der Waals surface area contributed by atoms with Crippen molar-refractivity contribution in [1.29, 1.82) is 0 Å². The maximum absolute atomic E-state index is 9.89. The molecule has 158 valence electrons. The van der Waals surface area contributed by atoms with Gasteiger partial charge in [-0.15, -0.1) is 5.92 Å². The molecule has 0 saturated heterocycles. The lowest BCUT2D eigenvalue weighted by Crippen LogP contribution is -2.02. The fraction of sp³-hybridized carbons (Fsp3) is 0.760. The topological polar surface area (TPSA) is 60.7 Å². The molecule has 3 nitrogen and oxygen atoms in total. The molecular weight excluding hydrogens is 348 g/mol. The Labute approximate surface area is 173 Å². The van der Waals surface area contributed by atoms with E-state index in [0.717, 1.165) is 57.8 Å². The predicted octanol–water partition coefficient (Wildman–Crippen LogP) is 4.58. The van der Waals surface area contributed by atoms with Crippen molar-refractivity contribution >= 4 is 0 Å². The third kappa shape index (κ3) is 20.9. The van der Waals surface area contributed by atoms with Gasteiger partial charge in [0, 0.05) is 6.42 Å². The highest BCUT2D eigenvalue weighted by Gasteiger charge is 2.00. The van der Waals surface area contributed by atoms with Crippen LogP contribution < -0.4 is 0 Å². The van der Waals surface area contributed by atoms with Gasteiger partial charge in [-0.3, -0.25) is 0 Å². The minimum absolute atomic E-state index is 0.201. The summed E-state index contributed by atoms with van der Waals surface area (Å²) in [5.41, 5.74) is 0. The van der Waals surface area contributed by atoms with Crippen LogP contribution in [-0.4, -0.2) is 34.1 Å². The standard InChI is InChI=1S/C25H40O3/c1-2-3-4-5-6-7-10-14-19-24(27)20-15-11-8-9-12-16-21-25(28)22-17-13-18-23-26/h24-28H,2-12,15-16,20-21,23H2,1H3/t24-,25-/m1/s1. The van der Waals surface area contributed by atoms with Crippen molar-refractivity contribution < 1.29 is 15.3 Å². The zero-order chi connectivity index (χ0) is 20.7. The molecule has 0 heterocycles. The van der Waals surface area contributed by atoms with Crippen molar-refractivity contribution in [2.45, 2.75) is 115 Å². The van der Waals surface area contributed by atoms with Crippen molar-refractivity contribution in [2.75, 3.05) is 6.61 Å². The van der Waals surface area contributed by atoms with Gasteiger partial charge in [0.25, 0.3) is 0 Å². The van der Waals surface area contributed by atoms with Gasteiger partial charge in [-0.25, -0.2) is 0 Å². The van der Waals surface area contributed by atoms with Crippen molar-refractivity contribution in [3.8, 4) is 35.5 Å². The van der Waals surface area contributed by atoms with Crippen LogP contribution in [0.2, 0.25) is 0 Å². The molecule has 0 saturated carbocycles. The molecule has 0 fully saturated rings. The quantitative estimate of drug-likeness (QED) is 0.284. The fourth-order valence-electron chi connectivity index (χ4n) is 2.91. The minimum atomic E-state index is -0.627. The first-order chi connectivity index (χ1) is 13.7. The van der Waals surface area contributed by atoms with E-state index in [-0.39, 0.29) is 6.61 Å². The Kier molecular flexibility index (Phi) is 20.7. The van der Waals surface area contributed by atoms with Gasteiger partial charge in [-0.05, 0) is 43.9 Å². The minimum Gasteiger partial charge on any atom is -0.384 e. The molecule has 0 rings (SSSR count). The molecule has 0 radical (unpaired) electrons. The summed E-state index contributed by atoms with van der Waals surface area (Å²) in [4.78, 5) is 0. The number of hydrogen-bond acceptors (Lipinski definition) is 3.